The average Bonchev–Trinajstić information content (AvgIpc) is 2.66. The fourth-order valence-electron chi connectivity index (χ4n) is 2.49. The molecule has 19 heavy (non-hydrogen) atoms. The predicted octanol–water partition coefficient (Wildman–Crippen LogP) is 3.27. The van der Waals surface area contributed by atoms with Gasteiger partial charge in [-0.3, -0.25) is 4.68 Å². The van der Waals surface area contributed by atoms with Crippen LogP contribution in [-0.4, -0.2) is 30.0 Å². The van der Waals surface area contributed by atoms with E-state index in [1.54, 1.807) is 13.3 Å². The number of aromatic nitrogens is 2. The Balaban J connectivity index is 3.18. The molecule has 0 radical (unpaired) electrons. The van der Waals surface area contributed by atoms with Gasteiger partial charge < -0.3 is 10.1 Å². The molecular weight excluding hydrogens is 262 g/mol. The second-order valence-electron chi connectivity index (χ2n) is 5.89. The largest absolute Gasteiger partial charge is 0.379 e. The van der Waals surface area contributed by atoms with Gasteiger partial charge in [-0.25, -0.2) is 0 Å². The highest BCUT2D eigenvalue weighted by molar-refractivity contribution is 6.31. The Morgan fingerprint density at radius 1 is 1.47 bits per heavy atom. The first-order chi connectivity index (χ1) is 8.86. The number of hydrogen-bond donors (Lipinski definition) is 1. The highest BCUT2D eigenvalue weighted by atomic mass is 35.5. The fraction of sp³-hybridized carbons (Fsp3) is 0.786. The van der Waals surface area contributed by atoms with Crippen molar-refractivity contribution in [3.63, 3.8) is 0 Å². The van der Waals surface area contributed by atoms with Gasteiger partial charge in [0.05, 0.1) is 29.1 Å². The summed E-state index contributed by atoms with van der Waals surface area (Å²) >= 11 is 6.33. The molecule has 0 aliphatic heterocycles. The third-order valence-electron chi connectivity index (χ3n) is 3.28. The van der Waals surface area contributed by atoms with Crippen LogP contribution in [0.1, 0.15) is 45.9 Å². The maximum absolute atomic E-state index is 6.33. The third-order valence-corrected chi connectivity index (χ3v) is 3.58. The van der Waals surface area contributed by atoms with Crippen molar-refractivity contribution in [1.82, 2.24) is 15.1 Å². The van der Waals surface area contributed by atoms with Crippen molar-refractivity contribution >= 4 is 11.6 Å². The lowest BCUT2D eigenvalue weighted by atomic mass is 9.83. The van der Waals surface area contributed by atoms with Crippen molar-refractivity contribution < 1.29 is 4.74 Å². The van der Waals surface area contributed by atoms with Crippen molar-refractivity contribution in [2.45, 2.75) is 52.8 Å². The lowest BCUT2D eigenvalue weighted by Crippen LogP contribution is -2.41. The van der Waals surface area contributed by atoms with Gasteiger partial charge in [-0.15, -0.1) is 0 Å². The molecule has 110 valence electrons. The summed E-state index contributed by atoms with van der Waals surface area (Å²) in [5.74, 6) is 0. The molecule has 4 nitrogen and oxygen atoms in total. The van der Waals surface area contributed by atoms with Crippen molar-refractivity contribution in [2.24, 2.45) is 5.41 Å². The van der Waals surface area contributed by atoms with Crippen molar-refractivity contribution in [1.29, 1.82) is 0 Å². The van der Waals surface area contributed by atoms with Crippen LogP contribution in [0.5, 0.6) is 0 Å². The average molecular weight is 288 g/mol. The molecule has 1 aromatic heterocycles. The van der Waals surface area contributed by atoms with E-state index < -0.39 is 0 Å². The number of ether oxygens (including phenoxy) is 1. The minimum atomic E-state index is 0.00701. The lowest BCUT2D eigenvalue weighted by molar-refractivity contribution is -0.0122. The van der Waals surface area contributed by atoms with Crippen LogP contribution >= 0.6 is 11.6 Å². The molecule has 0 spiro atoms. The summed E-state index contributed by atoms with van der Waals surface area (Å²) < 4.78 is 7.69. The second-order valence-corrected chi connectivity index (χ2v) is 6.30. The molecule has 0 aromatic carbocycles. The Hall–Kier alpha value is -0.580. The molecule has 0 saturated heterocycles. The van der Waals surface area contributed by atoms with Crippen LogP contribution in [0.3, 0.4) is 0 Å². The summed E-state index contributed by atoms with van der Waals surface area (Å²) in [5.41, 5.74) is 1.01. The quantitative estimate of drug-likeness (QED) is 0.873. The lowest BCUT2D eigenvalue weighted by Gasteiger charge is -2.36. The minimum absolute atomic E-state index is 0.00701. The summed E-state index contributed by atoms with van der Waals surface area (Å²) in [4.78, 5) is 0. The van der Waals surface area contributed by atoms with E-state index in [1.807, 2.05) is 11.7 Å². The highest BCUT2D eigenvalue weighted by Gasteiger charge is 2.35. The number of nitrogens with one attached hydrogen (secondary N) is 1. The molecule has 0 fully saturated rings. The van der Waals surface area contributed by atoms with Crippen LogP contribution < -0.4 is 5.32 Å². The van der Waals surface area contributed by atoms with Gasteiger partial charge in [-0.2, -0.15) is 5.10 Å². The first-order valence-electron chi connectivity index (χ1n) is 6.78. The summed E-state index contributed by atoms with van der Waals surface area (Å²) in [6.45, 7) is 9.49. The van der Waals surface area contributed by atoms with Gasteiger partial charge in [-0.05, 0) is 18.9 Å². The number of halogens is 1. The zero-order chi connectivity index (χ0) is 14.6. The van der Waals surface area contributed by atoms with E-state index in [1.165, 1.54) is 0 Å². The zero-order valence-corrected chi connectivity index (χ0v) is 13.6. The monoisotopic (exact) mass is 287 g/mol. The molecule has 0 bridgehead atoms. The van der Waals surface area contributed by atoms with Gasteiger partial charge >= 0.3 is 0 Å². The number of nitrogens with zero attached hydrogens (tertiary/aromatic N) is 2. The van der Waals surface area contributed by atoms with Gasteiger partial charge in [0.2, 0.25) is 0 Å². The Bertz CT molecular complexity index is 398. The zero-order valence-electron chi connectivity index (χ0n) is 12.8. The highest BCUT2D eigenvalue weighted by Crippen LogP contribution is 2.35. The Kier molecular flexibility index (Phi) is 5.83. The Labute approximate surface area is 121 Å². The van der Waals surface area contributed by atoms with E-state index in [0.29, 0.717) is 5.02 Å². The molecular formula is C14H26ClN3O. The standard InChI is InChI=1S/C14H26ClN3O/c1-7-8-18-12(10(15)9-17-18)11(16-5)13(19-6)14(2,3)4/h9,11,13,16H,7-8H2,1-6H3. The first kappa shape index (κ1) is 16.5. The number of rotatable bonds is 6. The summed E-state index contributed by atoms with van der Waals surface area (Å²) in [7, 11) is 3.68. The van der Waals surface area contributed by atoms with Gasteiger partial charge in [0.25, 0.3) is 0 Å². The van der Waals surface area contributed by atoms with Crippen molar-refractivity contribution in [2.75, 3.05) is 14.2 Å². The molecule has 1 rings (SSSR count). The van der Waals surface area contributed by atoms with E-state index in [4.69, 9.17) is 16.3 Å². The minimum Gasteiger partial charge on any atom is -0.379 e. The van der Waals surface area contributed by atoms with Gasteiger partial charge in [0, 0.05) is 13.7 Å². The molecule has 2 atom stereocenters. The molecule has 5 heteroatoms. The van der Waals surface area contributed by atoms with Gasteiger partial charge in [0.1, 0.15) is 0 Å². The smallest absolute Gasteiger partial charge is 0.0835 e. The maximum atomic E-state index is 6.33. The van der Waals surface area contributed by atoms with E-state index in [9.17, 15) is 0 Å². The van der Waals surface area contributed by atoms with Crippen LogP contribution in [0.4, 0.5) is 0 Å². The topological polar surface area (TPSA) is 39.1 Å². The molecule has 0 aliphatic rings. The molecule has 1 aromatic rings. The third kappa shape index (κ3) is 3.71. The van der Waals surface area contributed by atoms with E-state index in [-0.39, 0.29) is 17.6 Å². The molecule has 0 amide bonds. The van der Waals surface area contributed by atoms with Crippen LogP contribution in [0.25, 0.3) is 0 Å². The van der Waals surface area contributed by atoms with Gasteiger partial charge in [-0.1, -0.05) is 39.3 Å². The number of aryl methyl sites for hydroxylation is 1. The SMILES string of the molecule is CCCn1ncc(Cl)c1C(NC)C(OC)C(C)(C)C. The Morgan fingerprint density at radius 2 is 2.11 bits per heavy atom. The molecule has 0 saturated carbocycles. The second kappa shape index (κ2) is 6.73. The first-order valence-corrected chi connectivity index (χ1v) is 7.15. The normalized spacial score (nSPS) is 15.5. The fourth-order valence-corrected chi connectivity index (χ4v) is 2.75. The predicted molar refractivity (Wildman–Crippen MR) is 79.6 cm³/mol. The molecule has 0 aliphatic carbocycles. The molecule has 1 N–H and O–H groups in total. The van der Waals surface area contributed by atoms with E-state index >= 15 is 0 Å². The Morgan fingerprint density at radius 3 is 2.53 bits per heavy atom. The number of methoxy groups -OCH3 is 1. The maximum Gasteiger partial charge on any atom is 0.0835 e. The van der Waals surface area contributed by atoms with Crippen LogP contribution in [0.15, 0.2) is 6.20 Å². The van der Waals surface area contributed by atoms with Crippen LogP contribution in [0.2, 0.25) is 5.02 Å². The number of hydrogen-bond acceptors (Lipinski definition) is 3. The summed E-state index contributed by atoms with van der Waals surface area (Å²) in [6, 6.07) is 0.0200. The van der Waals surface area contributed by atoms with Crippen LogP contribution in [0, 0.1) is 5.41 Å². The van der Waals surface area contributed by atoms with E-state index in [0.717, 1.165) is 18.7 Å². The van der Waals surface area contributed by atoms with Crippen molar-refractivity contribution in [3.05, 3.63) is 16.9 Å². The summed E-state index contributed by atoms with van der Waals surface area (Å²) in [5, 5.41) is 8.39. The van der Waals surface area contributed by atoms with E-state index in [2.05, 4.69) is 38.1 Å². The van der Waals surface area contributed by atoms with Gasteiger partial charge in [0.15, 0.2) is 0 Å². The number of likely N-dealkylation sites (N-methyl/N-ethyl adjacent to an activating group) is 1. The van der Waals surface area contributed by atoms with Crippen LogP contribution in [-0.2, 0) is 11.3 Å². The molecule has 2 unspecified atom stereocenters. The van der Waals surface area contributed by atoms with Crippen molar-refractivity contribution in [3.8, 4) is 0 Å². The molecule has 1 heterocycles. The summed E-state index contributed by atoms with van der Waals surface area (Å²) in [6.07, 6.45) is 2.75.